The predicted octanol–water partition coefficient (Wildman–Crippen LogP) is 3.40. The summed E-state index contributed by atoms with van der Waals surface area (Å²) in [5, 5.41) is 10.3. The van der Waals surface area contributed by atoms with Crippen LogP contribution < -0.4 is 0 Å². The van der Waals surface area contributed by atoms with Gasteiger partial charge in [0.15, 0.2) is 0 Å². The van der Waals surface area contributed by atoms with Gasteiger partial charge in [-0.25, -0.2) is 0 Å². The van der Waals surface area contributed by atoms with Crippen molar-refractivity contribution >= 4 is 10.9 Å². The van der Waals surface area contributed by atoms with Crippen molar-refractivity contribution in [3.05, 3.63) is 41.6 Å². The van der Waals surface area contributed by atoms with E-state index in [2.05, 4.69) is 26.0 Å². The number of hydrogen-bond acceptors (Lipinski definition) is 3. The molecule has 1 aliphatic heterocycles. The molecule has 20 heavy (non-hydrogen) atoms. The van der Waals surface area contributed by atoms with Crippen molar-refractivity contribution in [3.8, 4) is 0 Å². The van der Waals surface area contributed by atoms with Gasteiger partial charge in [0, 0.05) is 17.0 Å². The fourth-order valence-electron chi connectivity index (χ4n) is 3.16. The molecule has 3 heteroatoms. The average molecular weight is 271 g/mol. The maximum atomic E-state index is 9.18. The Morgan fingerprint density at radius 2 is 1.90 bits per heavy atom. The molecule has 2 aromatic rings. The maximum Gasteiger partial charge on any atom is 0.0705 e. The van der Waals surface area contributed by atoms with Gasteiger partial charge >= 0.3 is 0 Å². The molecule has 3 rings (SSSR count). The Kier molecular flexibility index (Phi) is 3.72. The maximum absolute atomic E-state index is 9.18. The molecule has 2 heterocycles. The van der Waals surface area contributed by atoms with E-state index in [0.717, 1.165) is 35.0 Å². The molecule has 0 amide bonds. The van der Waals surface area contributed by atoms with Gasteiger partial charge < -0.3 is 9.84 Å². The van der Waals surface area contributed by atoms with Crippen molar-refractivity contribution in [2.45, 2.75) is 51.4 Å². The van der Waals surface area contributed by atoms with Crippen molar-refractivity contribution in [2.24, 2.45) is 0 Å². The molecule has 3 atom stereocenters. The van der Waals surface area contributed by atoms with Crippen LogP contribution in [-0.2, 0) is 11.3 Å². The predicted molar refractivity (Wildman–Crippen MR) is 79.6 cm³/mol. The molecule has 3 nitrogen and oxygen atoms in total. The summed E-state index contributed by atoms with van der Waals surface area (Å²) in [6, 6.07) is 10.2. The molecule has 1 unspecified atom stereocenters. The molecule has 1 N–H and O–H groups in total. The number of aliphatic hydroxyl groups is 1. The Hall–Kier alpha value is -1.45. The first-order valence-electron chi connectivity index (χ1n) is 7.31. The molecule has 1 saturated heterocycles. The third kappa shape index (κ3) is 2.69. The third-order valence-corrected chi connectivity index (χ3v) is 4.07. The van der Waals surface area contributed by atoms with Gasteiger partial charge in [0.05, 0.1) is 24.3 Å². The minimum Gasteiger partial charge on any atom is -0.392 e. The molecule has 0 saturated carbocycles. The van der Waals surface area contributed by atoms with E-state index < -0.39 is 0 Å². The first-order chi connectivity index (χ1) is 9.65. The zero-order chi connectivity index (χ0) is 14.1. The van der Waals surface area contributed by atoms with Crippen molar-refractivity contribution in [3.63, 3.8) is 0 Å². The molecule has 1 fully saturated rings. The number of pyridine rings is 1. The smallest absolute Gasteiger partial charge is 0.0705 e. The highest BCUT2D eigenvalue weighted by Crippen LogP contribution is 2.33. The van der Waals surface area contributed by atoms with Crippen LogP contribution in [0.25, 0.3) is 10.9 Å². The number of benzene rings is 1. The number of ether oxygens (including phenoxy) is 1. The minimum absolute atomic E-state index is 0.0761. The molecular weight excluding hydrogens is 250 g/mol. The number of rotatable bonds is 2. The molecule has 0 spiro atoms. The van der Waals surface area contributed by atoms with E-state index in [9.17, 15) is 5.11 Å². The molecule has 1 aliphatic rings. The Morgan fingerprint density at radius 3 is 2.60 bits per heavy atom. The van der Waals surface area contributed by atoms with Gasteiger partial charge in [-0.15, -0.1) is 0 Å². The van der Waals surface area contributed by atoms with Gasteiger partial charge in [0.25, 0.3) is 0 Å². The summed E-state index contributed by atoms with van der Waals surface area (Å²) in [6.45, 7) is 4.35. The van der Waals surface area contributed by atoms with Gasteiger partial charge in [0.2, 0.25) is 0 Å². The highest BCUT2D eigenvalue weighted by molar-refractivity contribution is 5.79. The normalized spacial score (nSPS) is 26.9. The average Bonchev–Trinajstić information content (AvgIpc) is 2.45. The Balaban J connectivity index is 1.92. The van der Waals surface area contributed by atoms with E-state index in [0.29, 0.717) is 18.1 Å². The lowest BCUT2D eigenvalue weighted by Gasteiger charge is -2.31. The van der Waals surface area contributed by atoms with Crippen LogP contribution in [0, 0.1) is 0 Å². The molecule has 106 valence electrons. The monoisotopic (exact) mass is 271 g/mol. The topological polar surface area (TPSA) is 42.4 Å². The molecular formula is C17H21NO2. The Morgan fingerprint density at radius 1 is 1.15 bits per heavy atom. The lowest BCUT2D eigenvalue weighted by atomic mass is 9.89. The van der Waals surface area contributed by atoms with E-state index in [1.165, 1.54) is 0 Å². The van der Waals surface area contributed by atoms with E-state index in [-0.39, 0.29) is 6.61 Å². The van der Waals surface area contributed by atoms with Gasteiger partial charge in [-0.1, -0.05) is 12.1 Å². The highest BCUT2D eigenvalue weighted by atomic mass is 16.5. The summed E-state index contributed by atoms with van der Waals surface area (Å²) >= 11 is 0. The first-order valence-corrected chi connectivity index (χ1v) is 7.31. The summed E-state index contributed by atoms with van der Waals surface area (Å²) in [7, 11) is 0. The Bertz CT molecular complexity index is 601. The minimum atomic E-state index is 0.0761. The van der Waals surface area contributed by atoms with E-state index in [4.69, 9.17) is 9.72 Å². The Labute approximate surface area is 119 Å². The lowest BCUT2D eigenvalue weighted by Crippen LogP contribution is -2.28. The van der Waals surface area contributed by atoms with Crippen molar-refractivity contribution < 1.29 is 9.84 Å². The van der Waals surface area contributed by atoms with Crippen LogP contribution in [0.2, 0.25) is 0 Å². The van der Waals surface area contributed by atoms with Gasteiger partial charge in [-0.05, 0) is 50.5 Å². The quantitative estimate of drug-likeness (QED) is 0.910. The largest absolute Gasteiger partial charge is 0.392 e. The number of hydrogen-bond donors (Lipinski definition) is 1. The van der Waals surface area contributed by atoms with Crippen LogP contribution in [0.4, 0.5) is 0 Å². The zero-order valence-corrected chi connectivity index (χ0v) is 12.0. The van der Waals surface area contributed by atoms with Crippen LogP contribution >= 0.6 is 0 Å². The number of aliphatic hydroxyl groups excluding tert-OH is 1. The summed E-state index contributed by atoms with van der Waals surface area (Å²) in [6.07, 6.45) is 2.69. The van der Waals surface area contributed by atoms with Crippen molar-refractivity contribution in [2.75, 3.05) is 0 Å². The highest BCUT2D eigenvalue weighted by Gasteiger charge is 2.26. The van der Waals surface area contributed by atoms with Crippen LogP contribution in [-0.4, -0.2) is 22.3 Å². The number of nitrogens with zero attached hydrogens (tertiary/aromatic N) is 1. The molecule has 1 aromatic heterocycles. The zero-order valence-electron chi connectivity index (χ0n) is 12.0. The lowest BCUT2D eigenvalue weighted by molar-refractivity contribution is -0.0385. The van der Waals surface area contributed by atoms with Crippen molar-refractivity contribution in [1.29, 1.82) is 0 Å². The summed E-state index contributed by atoms with van der Waals surface area (Å²) in [5.74, 6) is 0.482. The van der Waals surface area contributed by atoms with Crippen LogP contribution in [0.3, 0.4) is 0 Å². The van der Waals surface area contributed by atoms with Gasteiger partial charge in [-0.2, -0.15) is 0 Å². The first kappa shape index (κ1) is 13.5. The van der Waals surface area contributed by atoms with Gasteiger partial charge in [-0.3, -0.25) is 4.98 Å². The standard InChI is InChI=1S/C17H21NO2/c1-11-7-15(8-12(2)20-11)17-6-4-14-9-13(10-19)3-5-16(14)18-17/h3-6,9,11-12,15,19H,7-8,10H2,1-2H3/t11-,12+,15?. The second-order valence-electron chi connectivity index (χ2n) is 5.85. The van der Waals surface area contributed by atoms with E-state index >= 15 is 0 Å². The molecule has 0 aliphatic carbocycles. The molecule has 0 radical (unpaired) electrons. The summed E-state index contributed by atoms with van der Waals surface area (Å²) < 4.78 is 5.80. The van der Waals surface area contributed by atoms with Crippen LogP contribution in [0.5, 0.6) is 0 Å². The second kappa shape index (κ2) is 5.51. The molecule has 1 aromatic carbocycles. The number of aromatic nitrogens is 1. The van der Waals surface area contributed by atoms with E-state index in [1.807, 2.05) is 18.2 Å². The SMILES string of the molecule is C[C@@H]1CC(c2ccc3cc(CO)ccc3n2)C[C@H](C)O1. The van der Waals surface area contributed by atoms with E-state index in [1.54, 1.807) is 0 Å². The van der Waals surface area contributed by atoms with Crippen molar-refractivity contribution in [1.82, 2.24) is 4.98 Å². The van der Waals surface area contributed by atoms with Crippen LogP contribution in [0.15, 0.2) is 30.3 Å². The fraction of sp³-hybridized carbons (Fsp3) is 0.471. The number of fused-ring (bicyclic) bond motifs is 1. The third-order valence-electron chi connectivity index (χ3n) is 4.07. The summed E-state index contributed by atoms with van der Waals surface area (Å²) in [5.41, 5.74) is 3.10. The molecule has 0 bridgehead atoms. The van der Waals surface area contributed by atoms with Crippen LogP contribution in [0.1, 0.15) is 43.9 Å². The summed E-state index contributed by atoms with van der Waals surface area (Å²) in [4.78, 5) is 4.81. The second-order valence-corrected chi connectivity index (χ2v) is 5.85. The fourth-order valence-corrected chi connectivity index (χ4v) is 3.16. The van der Waals surface area contributed by atoms with Gasteiger partial charge in [0.1, 0.15) is 0 Å².